The quantitative estimate of drug-likeness (QED) is 0.891. The molecule has 0 radical (unpaired) electrons. The van der Waals surface area contributed by atoms with Crippen molar-refractivity contribution in [2.24, 2.45) is 0 Å². The summed E-state index contributed by atoms with van der Waals surface area (Å²) in [7, 11) is 3.97. The molecule has 0 aromatic heterocycles. The van der Waals surface area contributed by atoms with Gasteiger partial charge in [0.05, 0.1) is 5.56 Å². The van der Waals surface area contributed by atoms with Gasteiger partial charge in [0.15, 0.2) is 0 Å². The molecule has 0 aliphatic carbocycles. The fraction of sp³-hybridized carbons (Fsp3) is 0.417. The first-order valence-electron chi connectivity index (χ1n) is 5.31. The summed E-state index contributed by atoms with van der Waals surface area (Å²) in [6.45, 7) is 2.81. The van der Waals surface area contributed by atoms with Crippen molar-refractivity contribution in [3.63, 3.8) is 0 Å². The summed E-state index contributed by atoms with van der Waals surface area (Å²) in [6, 6.07) is 5.67. The average Bonchev–Trinajstić information content (AvgIpc) is 2.20. The maximum Gasteiger partial charge on any atom is 0.252 e. The lowest BCUT2D eigenvalue weighted by atomic mass is 10.2. The van der Waals surface area contributed by atoms with Gasteiger partial charge in [-0.2, -0.15) is 0 Å². The molecule has 0 bridgehead atoms. The molecule has 0 heterocycles. The predicted molar refractivity (Wildman–Crippen MR) is 77.3 cm³/mol. The molecule has 0 fully saturated rings. The van der Waals surface area contributed by atoms with E-state index in [1.54, 1.807) is 0 Å². The average molecular weight is 364 g/mol. The van der Waals surface area contributed by atoms with Crippen molar-refractivity contribution in [3.05, 3.63) is 32.7 Å². The largest absolute Gasteiger partial charge is 0.348 e. The third-order valence-corrected chi connectivity index (χ3v) is 3.37. The zero-order valence-corrected chi connectivity index (χ0v) is 13.3. The van der Waals surface area contributed by atoms with Crippen LogP contribution in [0.5, 0.6) is 0 Å². The molecular weight excluding hydrogens is 348 g/mol. The van der Waals surface area contributed by atoms with E-state index in [0.29, 0.717) is 5.56 Å². The van der Waals surface area contributed by atoms with E-state index in [4.69, 9.17) is 0 Å². The summed E-state index contributed by atoms with van der Waals surface area (Å²) >= 11 is 6.74. The Bertz CT molecular complexity index is 407. The van der Waals surface area contributed by atoms with Gasteiger partial charge in [0.25, 0.3) is 5.91 Å². The Morgan fingerprint density at radius 3 is 2.65 bits per heavy atom. The first-order chi connectivity index (χ1) is 7.90. The summed E-state index contributed by atoms with van der Waals surface area (Å²) in [6.07, 6.45) is 0. The second-order valence-corrected chi connectivity index (χ2v) is 6.03. The monoisotopic (exact) mass is 362 g/mol. The number of rotatable bonds is 4. The Balaban J connectivity index is 2.73. The molecule has 0 saturated heterocycles. The Morgan fingerprint density at radius 1 is 1.41 bits per heavy atom. The number of hydrogen-bond donors (Lipinski definition) is 1. The van der Waals surface area contributed by atoms with Crippen LogP contribution in [0.3, 0.4) is 0 Å². The molecule has 1 atom stereocenters. The SMILES string of the molecule is CC(CN(C)C)NC(=O)c1cc(Br)ccc1Br. The van der Waals surface area contributed by atoms with Gasteiger partial charge in [0.2, 0.25) is 0 Å². The maximum absolute atomic E-state index is 12.0. The fourth-order valence-corrected chi connectivity index (χ4v) is 2.35. The predicted octanol–water partition coefficient (Wildman–Crippen LogP) is 2.89. The molecule has 0 saturated carbocycles. The minimum absolute atomic E-state index is 0.0625. The molecule has 1 aromatic rings. The van der Waals surface area contributed by atoms with Crippen molar-refractivity contribution in [2.45, 2.75) is 13.0 Å². The van der Waals surface area contributed by atoms with E-state index in [-0.39, 0.29) is 11.9 Å². The number of amides is 1. The van der Waals surface area contributed by atoms with Crippen molar-refractivity contribution in [3.8, 4) is 0 Å². The molecule has 0 aliphatic heterocycles. The van der Waals surface area contributed by atoms with Crippen LogP contribution in [-0.4, -0.2) is 37.5 Å². The van der Waals surface area contributed by atoms with Gasteiger partial charge >= 0.3 is 0 Å². The van der Waals surface area contributed by atoms with E-state index in [0.717, 1.165) is 15.5 Å². The highest BCUT2D eigenvalue weighted by atomic mass is 79.9. The standard InChI is InChI=1S/C12H16Br2N2O/c1-8(7-16(2)3)15-12(17)10-6-9(13)4-5-11(10)14/h4-6,8H,7H2,1-3H3,(H,15,17). The lowest BCUT2D eigenvalue weighted by molar-refractivity contribution is 0.0933. The summed E-state index contributed by atoms with van der Waals surface area (Å²) in [5.74, 6) is -0.0625. The van der Waals surface area contributed by atoms with Crippen LogP contribution in [0.15, 0.2) is 27.1 Å². The van der Waals surface area contributed by atoms with E-state index in [9.17, 15) is 4.79 Å². The van der Waals surface area contributed by atoms with Crippen LogP contribution in [0.2, 0.25) is 0 Å². The molecule has 0 spiro atoms. The minimum atomic E-state index is -0.0625. The Labute approximate surface area is 119 Å². The molecule has 3 nitrogen and oxygen atoms in total. The molecule has 94 valence electrons. The van der Waals surface area contributed by atoms with E-state index in [2.05, 4.69) is 37.2 Å². The number of carbonyl (C=O) groups is 1. The van der Waals surface area contributed by atoms with Crippen molar-refractivity contribution in [2.75, 3.05) is 20.6 Å². The Hall–Kier alpha value is -0.390. The van der Waals surface area contributed by atoms with Crippen LogP contribution in [0, 0.1) is 0 Å². The molecule has 1 amide bonds. The first-order valence-corrected chi connectivity index (χ1v) is 6.89. The normalized spacial score (nSPS) is 12.6. The van der Waals surface area contributed by atoms with Gasteiger partial charge in [-0.15, -0.1) is 0 Å². The number of carbonyl (C=O) groups excluding carboxylic acids is 1. The van der Waals surface area contributed by atoms with Crippen molar-refractivity contribution in [1.82, 2.24) is 10.2 Å². The highest BCUT2D eigenvalue weighted by molar-refractivity contribution is 9.11. The third kappa shape index (κ3) is 4.77. The zero-order valence-electron chi connectivity index (χ0n) is 10.1. The maximum atomic E-state index is 12.0. The molecule has 0 aliphatic rings. The molecule has 1 N–H and O–H groups in total. The topological polar surface area (TPSA) is 32.3 Å². The third-order valence-electron chi connectivity index (χ3n) is 2.19. The van der Waals surface area contributed by atoms with Gasteiger partial charge in [-0.05, 0) is 55.1 Å². The minimum Gasteiger partial charge on any atom is -0.348 e. The van der Waals surface area contributed by atoms with Gasteiger partial charge in [-0.1, -0.05) is 15.9 Å². The lowest BCUT2D eigenvalue weighted by Crippen LogP contribution is -2.39. The second kappa shape index (κ2) is 6.52. The van der Waals surface area contributed by atoms with E-state index >= 15 is 0 Å². The number of nitrogens with one attached hydrogen (secondary N) is 1. The van der Waals surface area contributed by atoms with Crippen LogP contribution in [0.25, 0.3) is 0 Å². The van der Waals surface area contributed by atoms with Crippen LogP contribution in [-0.2, 0) is 0 Å². The zero-order chi connectivity index (χ0) is 13.0. The first kappa shape index (κ1) is 14.7. The molecule has 1 unspecified atom stereocenters. The van der Waals surface area contributed by atoms with Gasteiger partial charge in [-0.25, -0.2) is 0 Å². The highest BCUT2D eigenvalue weighted by Gasteiger charge is 2.13. The van der Waals surface area contributed by atoms with Crippen LogP contribution in [0.1, 0.15) is 17.3 Å². The number of halogens is 2. The second-order valence-electron chi connectivity index (χ2n) is 4.26. The van der Waals surface area contributed by atoms with Crippen LogP contribution >= 0.6 is 31.9 Å². The van der Waals surface area contributed by atoms with Gasteiger partial charge < -0.3 is 10.2 Å². The lowest BCUT2D eigenvalue weighted by Gasteiger charge is -2.18. The summed E-state index contributed by atoms with van der Waals surface area (Å²) < 4.78 is 1.70. The summed E-state index contributed by atoms with van der Waals surface area (Å²) in [4.78, 5) is 14.1. The molecule has 1 aromatic carbocycles. The number of hydrogen-bond acceptors (Lipinski definition) is 2. The van der Waals surface area contributed by atoms with Crippen molar-refractivity contribution >= 4 is 37.8 Å². The van der Waals surface area contributed by atoms with Gasteiger partial charge in [0, 0.05) is 21.5 Å². The molecular formula is C12H16Br2N2O. The smallest absolute Gasteiger partial charge is 0.252 e. The number of nitrogens with zero attached hydrogens (tertiary/aromatic N) is 1. The van der Waals surface area contributed by atoms with E-state index < -0.39 is 0 Å². The van der Waals surface area contributed by atoms with Gasteiger partial charge in [0.1, 0.15) is 0 Å². The molecule has 17 heavy (non-hydrogen) atoms. The van der Waals surface area contributed by atoms with Crippen molar-refractivity contribution < 1.29 is 4.79 Å². The number of benzene rings is 1. The Kier molecular flexibility index (Phi) is 5.62. The number of likely N-dealkylation sites (N-methyl/N-ethyl adjacent to an activating group) is 1. The summed E-state index contributed by atoms with van der Waals surface area (Å²) in [5.41, 5.74) is 0.644. The van der Waals surface area contributed by atoms with Crippen LogP contribution < -0.4 is 5.32 Å². The van der Waals surface area contributed by atoms with Crippen LogP contribution in [0.4, 0.5) is 0 Å². The molecule has 1 rings (SSSR count). The summed E-state index contributed by atoms with van der Waals surface area (Å²) in [5, 5.41) is 2.96. The van der Waals surface area contributed by atoms with E-state index in [1.165, 1.54) is 0 Å². The van der Waals surface area contributed by atoms with E-state index in [1.807, 2.05) is 44.1 Å². The molecule has 5 heteroatoms. The van der Waals surface area contributed by atoms with Gasteiger partial charge in [-0.3, -0.25) is 4.79 Å². The fourth-order valence-electron chi connectivity index (χ4n) is 1.57. The Morgan fingerprint density at radius 2 is 2.06 bits per heavy atom. The highest BCUT2D eigenvalue weighted by Crippen LogP contribution is 2.21. The van der Waals surface area contributed by atoms with Crippen molar-refractivity contribution in [1.29, 1.82) is 0 Å².